The third-order valence-corrected chi connectivity index (χ3v) is 17.0. The Hall–Kier alpha value is -2.68. The first-order valence-electron chi connectivity index (χ1n) is 15.8. The van der Waals surface area contributed by atoms with Gasteiger partial charge in [0.1, 0.15) is 60.3 Å². The first-order valence-corrected chi connectivity index (χ1v) is 24.8. The molecule has 35 nitrogen and oxygen atoms in total. The number of phosphoric ester groups is 1. The van der Waals surface area contributed by atoms with E-state index in [2.05, 4.69) is 51.5 Å². The van der Waals surface area contributed by atoms with E-state index in [-0.39, 0.29) is 34.0 Å². The predicted molar refractivity (Wildman–Crippen MR) is 188 cm³/mol. The summed E-state index contributed by atoms with van der Waals surface area (Å²) in [6.45, 7) is -2.48. The van der Waals surface area contributed by atoms with Crippen LogP contribution in [0.4, 0.5) is 11.6 Å². The van der Waals surface area contributed by atoms with Crippen LogP contribution in [0.15, 0.2) is 25.3 Å². The van der Waals surface area contributed by atoms with Gasteiger partial charge >= 0.3 is 46.9 Å². The van der Waals surface area contributed by atoms with Gasteiger partial charge in [-0.05, 0) is 0 Å². The van der Waals surface area contributed by atoms with Crippen LogP contribution in [0.5, 0.6) is 0 Å². The van der Waals surface area contributed by atoms with Crippen LogP contribution in [0.2, 0.25) is 0 Å². The Morgan fingerprint density at radius 2 is 0.902 bits per heavy atom. The normalized spacial score (nSPS) is 29.8. The maximum absolute atomic E-state index is 14.0. The molecule has 0 spiro atoms. The number of aliphatic hydroxyl groups excluding tert-OH is 4. The fourth-order valence-electron chi connectivity index (χ4n) is 5.43. The molecule has 0 amide bonds. The van der Waals surface area contributed by atoms with Crippen molar-refractivity contribution in [1.82, 2.24) is 39.0 Å². The van der Waals surface area contributed by atoms with E-state index in [1.54, 1.807) is 0 Å². The molecular weight excluding hydrogens is 966 g/mol. The maximum Gasteiger partial charge on any atom is 0.490 e. The number of phosphoric acid groups is 6. The predicted octanol–water partition coefficient (Wildman–Crippen LogP) is -2.21. The third-order valence-electron chi connectivity index (χ3n) is 7.82. The standard InChI is InChI=1S/C20H30N10O25P6/c21-15-9-17(25-3-23-15)29(5-27-9)19-13(33)11(31)7(49-19)1-47-61(46,55-60(44,45)54-59(42,43)53-58(40,41)52-57(38,39)51-56(35,36)37)48-2-8-12(32)14(34)20(50-8)30-6-28-10-16(22)24-4-26-18(10)30/h3-8,11-14,19-20,31-34H,1-2H2,(H,38,39)(H,40,41)(H,42,43)(H,44,45)(H2,21,23,25)(H2,22,24,26)(H2,35,36,37)/t7-,8-,11?,12?,13?,14?,19-,20-,61?/m1/s1. The second kappa shape index (κ2) is 17.4. The van der Waals surface area contributed by atoms with Crippen LogP contribution in [0.1, 0.15) is 12.5 Å². The first-order chi connectivity index (χ1) is 28.1. The van der Waals surface area contributed by atoms with Gasteiger partial charge in [0.2, 0.25) is 0 Å². The molecule has 0 radical (unpaired) electrons. The number of nitrogens with two attached hydrogens (primary N) is 2. The summed E-state index contributed by atoms with van der Waals surface area (Å²) in [5, 5.41) is 43.1. The van der Waals surface area contributed by atoms with Gasteiger partial charge < -0.3 is 70.7 Å². The van der Waals surface area contributed by atoms with Gasteiger partial charge in [0.15, 0.2) is 35.4 Å². The summed E-state index contributed by atoms with van der Waals surface area (Å²) >= 11 is 0. The smallest absolute Gasteiger partial charge is 0.387 e. The Morgan fingerprint density at radius 3 is 1.28 bits per heavy atom. The lowest BCUT2D eigenvalue weighted by atomic mass is 10.1. The molecule has 14 N–H and O–H groups in total. The number of hydrogen-bond acceptors (Lipinski definition) is 27. The van der Waals surface area contributed by atoms with E-state index in [1.807, 2.05) is 0 Å². The lowest BCUT2D eigenvalue weighted by Gasteiger charge is -2.24. The van der Waals surface area contributed by atoms with Crippen molar-refractivity contribution in [2.75, 3.05) is 24.7 Å². The Morgan fingerprint density at radius 1 is 0.541 bits per heavy atom. The average molecular weight is 996 g/mol. The molecule has 340 valence electrons. The van der Waals surface area contributed by atoms with Crippen LogP contribution in [-0.2, 0) is 67.5 Å². The van der Waals surface area contributed by atoms with Crippen molar-refractivity contribution in [2.24, 2.45) is 0 Å². The molecule has 2 fully saturated rings. The van der Waals surface area contributed by atoms with E-state index in [0.717, 1.165) is 34.4 Å². The quantitative estimate of drug-likeness (QED) is 0.0470. The summed E-state index contributed by atoms with van der Waals surface area (Å²) in [6.07, 6.45) is -9.93. The van der Waals surface area contributed by atoms with Gasteiger partial charge in [-0.3, -0.25) is 18.2 Å². The minimum absolute atomic E-state index is 0.000783. The molecule has 61 heavy (non-hydrogen) atoms. The number of aliphatic hydroxyl groups is 4. The molecule has 6 rings (SSSR count). The van der Waals surface area contributed by atoms with Gasteiger partial charge in [0.25, 0.3) is 0 Å². The summed E-state index contributed by atoms with van der Waals surface area (Å²) in [7, 11) is -37.9. The number of ether oxygens (including phenoxy) is 2. The summed E-state index contributed by atoms with van der Waals surface area (Å²) in [5.41, 5.74) is 11.7. The van der Waals surface area contributed by atoms with Crippen molar-refractivity contribution in [3.63, 3.8) is 0 Å². The average Bonchev–Trinajstić information content (AvgIpc) is 3.86. The van der Waals surface area contributed by atoms with Gasteiger partial charge in [-0.1, -0.05) is 0 Å². The minimum Gasteiger partial charge on any atom is -0.387 e. The highest BCUT2D eigenvalue weighted by atomic mass is 31.3. The van der Waals surface area contributed by atoms with E-state index >= 15 is 0 Å². The van der Waals surface area contributed by atoms with Crippen molar-refractivity contribution in [3.8, 4) is 0 Å². The molecule has 0 bridgehead atoms. The fraction of sp³-hybridized carbons (Fsp3) is 0.500. The second-order valence-corrected chi connectivity index (χ2v) is 21.5. The van der Waals surface area contributed by atoms with E-state index < -0.39 is 109 Å². The Balaban J connectivity index is 1.21. The molecule has 4 aromatic heterocycles. The zero-order chi connectivity index (χ0) is 45.1. The molecule has 41 heteroatoms. The Labute approximate surface area is 336 Å². The molecule has 0 aromatic carbocycles. The lowest BCUT2D eigenvalue weighted by Crippen LogP contribution is -2.34. The van der Waals surface area contributed by atoms with E-state index in [4.69, 9.17) is 39.8 Å². The van der Waals surface area contributed by atoms with Crippen LogP contribution in [0, 0.1) is 0 Å². The number of rotatable bonds is 18. The summed E-state index contributed by atoms with van der Waals surface area (Å²) in [4.78, 5) is 79.9. The molecular formula is C20H30N10O25P6. The number of hydrogen-bond donors (Lipinski definition) is 12. The zero-order valence-corrected chi connectivity index (χ0v) is 34.7. The van der Waals surface area contributed by atoms with Crippen molar-refractivity contribution in [1.29, 1.82) is 0 Å². The third kappa shape index (κ3) is 11.2. The van der Waals surface area contributed by atoms with Crippen molar-refractivity contribution >= 4 is 80.9 Å². The largest absolute Gasteiger partial charge is 0.490 e. The second-order valence-electron chi connectivity index (χ2n) is 12.1. The van der Waals surface area contributed by atoms with Crippen molar-refractivity contribution in [2.45, 2.75) is 49.1 Å². The lowest BCUT2D eigenvalue weighted by molar-refractivity contribution is -0.0607. The minimum atomic E-state index is -6.64. The highest BCUT2D eigenvalue weighted by molar-refractivity contribution is 7.72. The number of nitrogen functional groups attached to an aromatic ring is 2. The molecule has 8 unspecified atom stereocenters. The molecule has 4 aromatic rings. The zero-order valence-electron chi connectivity index (χ0n) is 29.4. The summed E-state index contributed by atoms with van der Waals surface area (Å²) in [5.74, 6) is -0.159. The van der Waals surface area contributed by atoms with Crippen molar-refractivity contribution < 1.29 is 117 Å². The van der Waals surface area contributed by atoms with Gasteiger partial charge in [-0.25, -0.2) is 57.3 Å². The molecule has 0 saturated carbocycles. The molecule has 2 aliphatic rings. The monoisotopic (exact) mass is 996 g/mol. The molecule has 2 saturated heterocycles. The molecule has 2 aliphatic heterocycles. The summed E-state index contributed by atoms with van der Waals surface area (Å²) < 4.78 is 116. The van der Waals surface area contributed by atoms with Crippen LogP contribution in [-0.4, -0.2) is 139 Å². The van der Waals surface area contributed by atoms with E-state index in [1.165, 1.54) is 0 Å². The number of aromatic nitrogens is 8. The van der Waals surface area contributed by atoms with E-state index in [9.17, 15) is 67.4 Å². The SMILES string of the molecule is Nc1ncnc2c1ncn2[C@@H]1O[C@H](COP(=O)(OC[C@H]2O[C@@H](n3cnc4c(N)ncnc43)C(O)C2O)OP(=O)(O)OP(=O)(O)OP(=O)(O)OP(=O)(O)OP(=O)(O)O)C(O)C1O. The van der Waals surface area contributed by atoms with Crippen LogP contribution < -0.4 is 11.5 Å². The van der Waals surface area contributed by atoms with Crippen molar-refractivity contribution in [3.05, 3.63) is 25.3 Å². The van der Waals surface area contributed by atoms with Gasteiger partial charge in [-0.15, -0.1) is 0 Å². The number of imidazole rings is 2. The molecule has 12 atom stereocenters. The maximum atomic E-state index is 14.0. The highest BCUT2D eigenvalue weighted by Crippen LogP contribution is 2.75. The van der Waals surface area contributed by atoms with Gasteiger partial charge in [0.05, 0.1) is 25.9 Å². The number of fused-ring (bicyclic) bond motifs is 2. The Bertz CT molecular complexity index is 2460. The molecule has 6 heterocycles. The number of anilines is 2. The van der Waals surface area contributed by atoms with Gasteiger partial charge in [0, 0.05) is 0 Å². The highest BCUT2D eigenvalue weighted by Gasteiger charge is 2.52. The number of nitrogens with zero attached hydrogens (tertiary/aromatic N) is 8. The topological polar surface area (TPSA) is 527 Å². The van der Waals surface area contributed by atoms with Crippen LogP contribution >= 0.6 is 46.9 Å². The Kier molecular flexibility index (Phi) is 13.6. The first kappa shape index (κ1) is 47.8. The summed E-state index contributed by atoms with van der Waals surface area (Å²) in [6, 6.07) is 0. The fourth-order valence-corrected chi connectivity index (χ4v) is 13.3. The molecule has 0 aliphatic carbocycles. The van der Waals surface area contributed by atoms with Gasteiger partial charge in [-0.2, -0.15) is 21.6 Å². The van der Waals surface area contributed by atoms with Crippen LogP contribution in [0.25, 0.3) is 22.3 Å². The van der Waals surface area contributed by atoms with E-state index in [0.29, 0.717) is 0 Å². The van der Waals surface area contributed by atoms with Crippen LogP contribution in [0.3, 0.4) is 0 Å².